The highest BCUT2D eigenvalue weighted by atomic mass is 16.6. The lowest BCUT2D eigenvalue weighted by molar-refractivity contribution is -0.159. The highest BCUT2D eigenvalue weighted by Crippen LogP contribution is 2.17. The molecule has 0 aromatic heterocycles. The normalized spacial score (nSPS) is 11.4. The molecule has 3 nitrogen and oxygen atoms in total. The van der Waals surface area contributed by atoms with Crippen LogP contribution < -0.4 is 0 Å². The molecule has 3 heteroatoms. The second-order valence-electron chi connectivity index (χ2n) is 15.1. The van der Waals surface area contributed by atoms with E-state index < -0.39 is 0 Å². The molecule has 0 aliphatic carbocycles. The highest BCUT2D eigenvalue weighted by Gasteiger charge is 2.10. The van der Waals surface area contributed by atoms with E-state index in [4.69, 9.17) is 4.74 Å². The number of ether oxygens (including phenoxy) is 1. The average molecular weight is 663 g/mol. The van der Waals surface area contributed by atoms with Gasteiger partial charge in [-0.05, 0) is 12.8 Å². The minimum atomic E-state index is -0.320. The molecule has 0 saturated heterocycles. The highest BCUT2D eigenvalue weighted by molar-refractivity contribution is 5.85. The maximum Gasteiger partial charge on any atom is 0.313 e. The summed E-state index contributed by atoms with van der Waals surface area (Å²) in [5, 5.41) is 0. The Kier molecular flexibility index (Phi) is 40.6. The summed E-state index contributed by atoms with van der Waals surface area (Å²) in [6.07, 6.45) is 51.9. The van der Waals surface area contributed by atoms with Crippen molar-refractivity contribution in [1.29, 1.82) is 0 Å². The molecule has 0 rings (SSSR count). The van der Waals surface area contributed by atoms with Gasteiger partial charge in [-0.1, -0.05) is 245 Å². The van der Waals surface area contributed by atoms with E-state index in [2.05, 4.69) is 13.8 Å². The van der Waals surface area contributed by atoms with E-state index in [0.717, 1.165) is 25.7 Å². The maximum absolute atomic E-state index is 12.0. The predicted molar refractivity (Wildman–Crippen MR) is 207 cm³/mol. The van der Waals surface area contributed by atoms with Crippen molar-refractivity contribution >= 4 is 11.9 Å². The first-order chi connectivity index (χ1) is 23.2. The molecule has 0 radical (unpaired) electrons. The van der Waals surface area contributed by atoms with Crippen LogP contribution in [0.2, 0.25) is 0 Å². The van der Waals surface area contributed by atoms with Crippen LogP contribution in [0.1, 0.15) is 271 Å². The van der Waals surface area contributed by atoms with Crippen molar-refractivity contribution in [3.05, 3.63) is 0 Å². The first kappa shape index (κ1) is 46.1. The number of carbonyl (C=O) groups is 2. The molecule has 0 aliphatic heterocycles. The Morgan fingerprint density at radius 2 is 0.404 bits per heavy atom. The van der Waals surface area contributed by atoms with Gasteiger partial charge in [0.1, 0.15) is 0 Å². The summed E-state index contributed by atoms with van der Waals surface area (Å²) in [5.41, 5.74) is 0. The third-order valence-corrected chi connectivity index (χ3v) is 10.2. The molecule has 0 fully saturated rings. The Labute approximate surface area is 296 Å². The molecule has 0 heterocycles. The van der Waals surface area contributed by atoms with Gasteiger partial charge in [0.05, 0.1) is 0 Å². The van der Waals surface area contributed by atoms with Gasteiger partial charge >= 0.3 is 11.9 Å². The molecule has 0 aromatic carbocycles. The Bertz CT molecular complexity index is 563. The van der Waals surface area contributed by atoms with Gasteiger partial charge in [0.15, 0.2) is 0 Å². The topological polar surface area (TPSA) is 43.4 Å². The molecule has 0 aliphatic rings. The minimum Gasteiger partial charge on any atom is -0.393 e. The smallest absolute Gasteiger partial charge is 0.313 e. The molecule has 0 atom stereocenters. The number of hydrogen-bond acceptors (Lipinski definition) is 3. The predicted octanol–water partition coefficient (Wildman–Crippen LogP) is 15.7. The molecule has 0 N–H and O–H groups in total. The average Bonchev–Trinajstić information content (AvgIpc) is 3.06. The zero-order chi connectivity index (χ0) is 34.1. The number of unbranched alkanes of at least 4 members (excludes halogenated alkanes) is 36. The Balaban J connectivity index is 3.25. The van der Waals surface area contributed by atoms with Gasteiger partial charge in [0.2, 0.25) is 0 Å². The zero-order valence-corrected chi connectivity index (χ0v) is 32.5. The van der Waals surface area contributed by atoms with Crippen molar-refractivity contribution in [1.82, 2.24) is 0 Å². The van der Waals surface area contributed by atoms with Crippen LogP contribution in [-0.2, 0) is 14.3 Å². The van der Waals surface area contributed by atoms with Crippen LogP contribution in [0.5, 0.6) is 0 Å². The summed E-state index contributed by atoms with van der Waals surface area (Å²) in [7, 11) is 0. The van der Waals surface area contributed by atoms with Crippen LogP contribution >= 0.6 is 0 Å². The lowest BCUT2D eigenvalue weighted by Crippen LogP contribution is -2.11. The van der Waals surface area contributed by atoms with Gasteiger partial charge in [-0.3, -0.25) is 9.59 Å². The van der Waals surface area contributed by atoms with Crippen molar-refractivity contribution in [2.24, 2.45) is 0 Å². The summed E-state index contributed by atoms with van der Waals surface area (Å²) in [6, 6.07) is 0. The van der Waals surface area contributed by atoms with Crippen molar-refractivity contribution in [3.63, 3.8) is 0 Å². The van der Waals surface area contributed by atoms with Crippen molar-refractivity contribution in [2.45, 2.75) is 271 Å². The summed E-state index contributed by atoms with van der Waals surface area (Å²) in [6.45, 7) is 4.58. The SMILES string of the molecule is CCCCCCCCCCCCCCCCCCCCCC(=O)OC(=O)CCCCCCCCCCCCCCCCCCCCC. The Hall–Kier alpha value is -0.860. The third-order valence-electron chi connectivity index (χ3n) is 10.2. The monoisotopic (exact) mass is 663 g/mol. The molecular weight excluding hydrogens is 576 g/mol. The number of carbonyl (C=O) groups excluding carboxylic acids is 2. The van der Waals surface area contributed by atoms with Crippen LogP contribution in [0.15, 0.2) is 0 Å². The van der Waals surface area contributed by atoms with E-state index in [-0.39, 0.29) is 11.9 Å². The first-order valence-corrected chi connectivity index (χ1v) is 21.9. The van der Waals surface area contributed by atoms with E-state index in [0.29, 0.717) is 12.8 Å². The van der Waals surface area contributed by atoms with E-state index in [9.17, 15) is 9.59 Å². The van der Waals surface area contributed by atoms with Crippen LogP contribution in [0.3, 0.4) is 0 Å². The minimum absolute atomic E-state index is 0.320. The molecule has 0 spiro atoms. The van der Waals surface area contributed by atoms with Crippen molar-refractivity contribution < 1.29 is 14.3 Å². The lowest BCUT2D eigenvalue weighted by atomic mass is 10.0. The van der Waals surface area contributed by atoms with Gasteiger partial charge in [-0.15, -0.1) is 0 Å². The Morgan fingerprint density at radius 3 is 0.574 bits per heavy atom. The van der Waals surface area contributed by atoms with E-state index >= 15 is 0 Å². The van der Waals surface area contributed by atoms with Crippen molar-refractivity contribution in [3.8, 4) is 0 Å². The van der Waals surface area contributed by atoms with Gasteiger partial charge < -0.3 is 4.74 Å². The molecule has 280 valence electrons. The molecule has 0 aromatic rings. The van der Waals surface area contributed by atoms with Gasteiger partial charge in [0, 0.05) is 12.8 Å². The fraction of sp³-hybridized carbons (Fsp3) is 0.955. The second kappa shape index (κ2) is 41.3. The fourth-order valence-electron chi connectivity index (χ4n) is 6.92. The third kappa shape index (κ3) is 41.2. The molecule has 47 heavy (non-hydrogen) atoms. The van der Waals surface area contributed by atoms with Crippen LogP contribution in [-0.4, -0.2) is 11.9 Å². The van der Waals surface area contributed by atoms with Gasteiger partial charge in [-0.25, -0.2) is 0 Å². The molecule has 0 amide bonds. The molecular formula is C44H86O3. The van der Waals surface area contributed by atoms with Crippen molar-refractivity contribution in [2.75, 3.05) is 0 Å². The quantitative estimate of drug-likeness (QED) is 0.0372. The molecule has 0 bridgehead atoms. The number of esters is 2. The largest absolute Gasteiger partial charge is 0.393 e. The summed E-state index contributed by atoms with van der Waals surface area (Å²) >= 11 is 0. The maximum atomic E-state index is 12.0. The van der Waals surface area contributed by atoms with Crippen LogP contribution in [0, 0.1) is 0 Å². The second-order valence-corrected chi connectivity index (χ2v) is 15.1. The summed E-state index contributed by atoms with van der Waals surface area (Å²) in [5.74, 6) is -0.639. The molecule has 0 unspecified atom stereocenters. The lowest BCUT2D eigenvalue weighted by Gasteiger charge is -2.05. The standard InChI is InChI=1S/C44H86O3/c1-3-5-7-9-11-13-15-17-19-21-23-25-27-29-31-33-35-37-39-41-43(45)47-44(46)42-40-38-36-34-32-30-28-26-24-22-20-18-16-14-12-10-8-6-4-2/h3-42H2,1-2H3. The Morgan fingerprint density at radius 1 is 0.255 bits per heavy atom. The summed E-state index contributed by atoms with van der Waals surface area (Å²) < 4.78 is 5.05. The van der Waals surface area contributed by atoms with Gasteiger partial charge in [-0.2, -0.15) is 0 Å². The van der Waals surface area contributed by atoms with E-state index in [1.807, 2.05) is 0 Å². The van der Waals surface area contributed by atoms with Crippen LogP contribution in [0.25, 0.3) is 0 Å². The number of rotatable bonds is 40. The molecule has 0 saturated carbocycles. The zero-order valence-electron chi connectivity index (χ0n) is 32.5. The van der Waals surface area contributed by atoms with Crippen LogP contribution in [0.4, 0.5) is 0 Å². The van der Waals surface area contributed by atoms with Gasteiger partial charge in [0.25, 0.3) is 0 Å². The first-order valence-electron chi connectivity index (χ1n) is 21.9. The fourth-order valence-corrected chi connectivity index (χ4v) is 6.92. The number of hydrogen-bond donors (Lipinski definition) is 0. The van der Waals surface area contributed by atoms with E-state index in [1.54, 1.807) is 0 Å². The van der Waals surface area contributed by atoms with E-state index in [1.165, 1.54) is 218 Å². The summed E-state index contributed by atoms with van der Waals surface area (Å²) in [4.78, 5) is 24.0.